The topological polar surface area (TPSA) is 27.1 Å². The maximum atomic E-state index is 5.38. The van der Waals surface area contributed by atoms with Crippen molar-refractivity contribution in [3.05, 3.63) is 17.5 Å². The molecule has 0 atom stereocenters. The molecule has 0 radical (unpaired) electrons. The lowest BCUT2D eigenvalue weighted by molar-refractivity contribution is 0.0800. The Hall–Kier alpha value is -0.830. The monoisotopic (exact) mass is 194 g/mol. The summed E-state index contributed by atoms with van der Waals surface area (Å²) in [4.78, 5) is 0. The Morgan fingerprint density at radius 2 is 2.29 bits per heavy atom. The van der Waals surface area contributed by atoms with E-state index in [0.717, 1.165) is 26.2 Å². The minimum Gasteiger partial charge on any atom is -0.373 e. The molecule has 0 spiro atoms. The molecule has 78 valence electrons. The molecule has 1 aliphatic heterocycles. The zero-order valence-electron chi connectivity index (χ0n) is 9.21. The molecule has 0 N–H and O–H groups in total. The van der Waals surface area contributed by atoms with Crippen LogP contribution in [0.5, 0.6) is 0 Å². The Morgan fingerprint density at radius 3 is 2.93 bits per heavy atom. The van der Waals surface area contributed by atoms with E-state index in [4.69, 9.17) is 4.74 Å². The van der Waals surface area contributed by atoms with Crippen LogP contribution in [-0.4, -0.2) is 16.4 Å². The standard InChI is InChI=1S/C11H18N2O/c1-11(2,3)7-9-6-10-8-14-5-4-13(10)12-9/h6H,4-5,7-8H2,1-3H3. The molecule has 3 nitrogen and oxygen atoms in total. The number of ether oxygens (including phenoxy) is 1. The van der Waals surface area contributed by atoms with Crippen LogP contribution in [0.2, 0.25) is 0 Å². The second-order valence-electron chi connectivity index (χ2n) is 5.14. The minimum atomic E-state index is 0.311. The van der Waals surface area contributed by atoms with Gasteiger partial charge in [0.05, 0.1) is 31.1 Å². The highest BCUT2D eigenvalue weighted by atomic mass is 16.5. The highest BCUT2D eigenvalue weighted by molar-refractivity contribution is 5.11. The van der Waals surface area contributed by atoms with Gasteiger partial charge in [0, 0.05) is 0 Å². The molecule has 2 rings (SSSR count). The van der Waals surface area contributed by atoms with Crippen LogP contribution in [0.15, 0.2) is 6.07 Å². The summed E-state index contributed by atoms with van der Waals surface area (Å²) in [7, 11) is 0. The van der Waals surface area contributed by atoms with Crippen molar-refractivity contribution in [3.63, 3.8) is 0 Å². The number of nitrogens with zero attached hydrogens (tertiary/aromatic N) is 2. The summed E-state index contributed by atoms with van der Waals surface area (Å²) in [6.07, 6.45) is 1.03. The molecule has 1 aliphatic rings. The van der Waals surface area contributed by atoms with Gasteiger partial charge in [-0.15, -0.1) is 0 Å². The summed E-state index contributed by atoms with van der Waals surface area (Å²) in [5, 5.41) is 4.57. The van der Waals surface area contributed by atoms with Crippen molar-refractivity contribution in [2.24, 2.45) is 5.41 Å². The number of hydrogen-bond acceptors (Lipinski definition) is 2. The third-order valence-electron chi connectivity index (χ3n) is 2.32. The summed E-state index contributed by atoms with van der Waals surface area (Å²) in [5.41, 5.74) is 2.72. The Balaban J connectivity index is 2.16. The fourth-order valence-corrected chi connectivity index (χ4v) is 1.78. The van der Waals surface area contributed by atoms with E-state index >= 15 is 0 Å². The first-order valence-electron chi connectivity index (χ1n) is 5.18. The molecule has 3 heteroatoms. The smallest absolute Gasteiger partial charge is 0.0885 e. The van der Waals surface area contributed by atoms with Gasteiger partial charge in [-0.25, -0.2) is 0 Å². The molecule has 0 unspecified atom stereocenters. The van der Waals surface area contributed by atoms with Gasteiger partial charge in [-0.1, -0.05) is 20.8 Å². The first-order valence-corrected chi connectivity index (χ1v) is 5.18. The second kappa shape index (κ2) is 3.39. The maximum absolute atomic E-state index is 5.38. The Kier molecular flexibility index (Phi) is 2.35. The quantitative estimate of drug-likeness (QED) is 0.683. The number of hydrogen-bond donors (Lipinski definition) is 0. The van der Waals surface area contributed by atoms with Crippen molar-refractivity contribution in [3.8, 4) is 0 Å². The van der Waals surface area contributed by atoms with Crippen molar-refractivity contribution in [2.45, 2.75) is 40.3 Å². The highest BCUT2D eigenvalue weighted by Crippen LogP contribution is 2.21. The summed E-state index contributed by atoms with van der Waals surface area (Å²) in [5.74, 6) is 0. The third-order valence-corrected chi connectivity index (χ3v) is 2.32. The highest BCUT2D eigenvalue weighted by Gasteiger charge is 2.17. The van der Waals surface area contributed by atoms with Crippen LogP contribution in [0.1, 0.15) is 32.2 Å². The summed E-state index contributed by atoms with van der Waals surface area (Å²) in [6, 6.07) is 2.17. The summed E-state index contributed by atoms with van der Waals surface area (Å²) >= 11 is 0. The van der Waals surface area contributed by atoms with Crippen molar-refractivity contribution < 1.29 is 4.74 Å². The van der Waals surface area contributed by atoms with E-state index in [1.54, 1.807) is 0 Å². The van der Waals surface area contributed by atoms with E-state index < -0.39 is 0 Å². The second-order valence-corrected chi connectivity index (χ2v) is 5.14. The lowest BCUT2D eigenvalue weighted by Crippen LogP contribution is -2.17. The normalized spacial score (nSPS) is 16.8. The Labute approximate surface area is 85.1 Å². The van der Waals surface area contributed by atoms with Crippen molar-refractivity contribution in [2.75, 3.05) is 6.61 Å². The fraction of sp³-hybridized carbons (Fsp3) is 0.727. The Morgan fingerprint density at radius 1 is 1.50 bits per heavy atom. The van der Waals surface area contributed by atoms with Gasteiger partial charge in [0.25, 0.3) is 0 Å². The molecule has 14 heavy (non-hydrogen) atoms. The van der Waals surface area contributed by atoms with E-state index in [2.05, 4.69) is 36.6 Å². The van der Waals surface area contributed by atoms with E-state index in [1.165, 1.54) is 11.4 Å². The van der Waals surface area contributed by atoms with Gasteiger partial charge in [-0.05, 0) is 17.9 Å². The van der Waals surface area contributed by atoms with Crippen LogP contribution in [-0.2, 0) is 24.3 Å². The summed E-state index contributed by atoms with van der Waals surface area (Å²) < 4.78 is 7.45. The van der Waals surface area contributed by atoms with E-state index in [1.807, 2.05) is 0 Å². The van der Waals surface area contributed by atoms with E-state index in [-0.39, 0.29) is 0 Å². The van der Waals surface area contributed by atoms with Gasteiger partial charge < -0.3 is 4.74 Å². The van der Waals surface area contributed by atoms with E-state index in [0.29, 0.717) is 5.41 Å². The third kappa shape index (κ3) is 2.15. The van der Waals surface area contributed by atoms with E-state index in [9.17, 15) is 0 Å². The molecule has 0 saturated heterocycles. The van der Waals surface area contributed by atoms with Gasteiger partial charge in [-0.2, -0.15) is 5.10 Å². The zero-order valence-corrected chi connectivity index (χ0v) is 9.21. The molecule has 0 bridgehead atoms. The van der Waals surface area contributed by atoms with Crippen LogP contribution < -0.4 is 0 Å². The Bertz CT molecular complexity index is 299. The molecule has 0 aliphatic carbocycles. The zero-order chi connectivity index (χ0) is 10.2. The van der Waals surface area contributed by atoms with Crippen molar-refractivity contribution in [1.82, 2.24) is 9.78 Å². The lowest BCUT2D eigenvalue weighted by atomic mass is 9.90. The van der Waals surface area contributed by atoms with Gasteiger partial charge >= 0.3 is 0 Å². The fourth-order valence-electron chi connectivity index (χ4n) is 1.78. The van der Waals surface area contributed by atoms with Crippen LogP contribution in [0.3, 0.4) is 0 Å². The predicted octanol–water partition coefficient (Wildman–Crippen LogP) is 2.00. The van der Waals surface area contributed by atoms with Crippen molar-refractivity contribution in [1.29, 1.82) is 0 Å². The summed E-state index contributed by atoms with van der Waals surface area (Å²) in [6.45, 7) is 9.13. The minimum absolute atomic E-state index is 0.311. The van der Waals surface area contributed by atoms with Gasteiger partial charge in [0.15, 0.2) is 0 Å². The van der Waals surface area contributed by atoms with Crippen LogP contribution in [0, 0.1) is 5.41 Å². The average molecular weight is 194 g/mol. The van der Waals surface area contributed by atoms with Crippen LogP contribution in [0.4, 0.5) is 0 Å². The molecular formula is C11H18N2O. The average Bonchev–Trinajstić information content (AvgIpc) is 2.42. The van der Waals surface area contributed by atoms with Crippen LogP contribution in [0.25, 0.3) is 0 Å². The van der Waals surface area contributed by atoms with Gasteiger partial charge in [0.1, 0.15) is 0 Å². The lowest BCUT2D eigenvalue weighted by Gasteiger charge is -2.15. The molecular weight excluding hydrogens is 176 g/mol. The molecule has 2 heterocycles. The van der Waals surface area contributed by atoms with Gasteiger partial charge in [-0.3, -0.25) is 4.68 Å². The first kappa shape index (κ1) is 9.71. The molecule has 0 saturated carbocycles. The van der Waals surface area contributed by atoms with Gasteiger partial charge in [0.2, 0.25) is 0 Å². The molecule has 1 aromatic heterocycles. The van der Waals surface area contributed by atoms with Crippen LogP contribution >= 0.6 is 0 Å². The number of fused-ring (bicyclic) bond motifs is 1. The van der Waals surface area contributed by atoms with Crippen molar-refractivity contribution >= 4 is 0 Å². The molecule has 1 aromatic rings. The molecule has 0 amide bonds. The SMILES string of the molecule is CC(C)(C)Cc1cc2n(n1)CCOC2. The largest absolute Gasteiger partial charge is 0.373 e. The maximum Gasteiger partial charge on any atom is 0.0885 e. The number of rotatable bonds is 1. The first-order chi connectivity index (χ1) is 6.54. The number of aromatic nitrogens is 2. The molecule has 0 aromatic carbocycles. The molecule has 0 fully saturated rings. The predicted molar refractivity (Wildman–Crippen MR) is 55.0 cm³/mol.